The molecule has 0 aliphatic rings. The van der Waals surface area contributed by atoms with Crippen LogP contribution in [-0.2, 0) is 0 Å². The maximum absolute atomic E-state index is 14.2. The normalized spacial score (nSPS) is 11.4. The van der Waals surface area contributed by atoms with Gasteiger partial charge in [-0.1, -0.05) is 51.3 Å². The molecule has 4 rings (SSSR count). The predicted molar refractivity (Wildman–Crippen MR) is 189 cm³/mol. The molecule has 0 heterocycles. The summed E-state index contributed by atoms with van der Waals surface area (Å²) >= 11 is 0. The van der Waals surface area contributed by atoms with E-state index in [2.05, 4.69) is 13.2 Å². The summed E-state index contributed by atoms with van der Waals surface area (Å²) < 4.78 is 152. The minimum absolute atomic E-state index is 0. The number of ether oxygens (including phenoxy) is 4. The quantitative estimate of drug-likeness (QED) is 0.0657. The van der Waals surface area contributed by atoms with E-state index in [1.165, 1.54) is 14.2 Å². The Kier molecular flexibility index (Phi) is 18.4. The molecule has 4 aromatic rings. The number of halogens is 10. The molecule has 0 aliphatic carbocycles. The summed E-state index contributed by atoms with van der Waals surface area (Å²) in [5.74, 6) is -17.9. The predicted octanol–water partition coefficient (Wildman–Crippen LogP) is 11.5. The largest absolute Gasteiger partial charge is 0.493 e. The molecule has 0 aromatic heterocycles. The van der Waals surface area contributed by atoms with Gasteiger partial charge in [-0.3, -0.25) is 0 Å². The first kappa shape index (κ1) is 46.3. The van der Waals surface area contributed by atoms with Crippen LogP contribution in [0.3, 0.4) is 0 Å². The molecule has 3 unspecified atom stereocenters. The van der Waals surface area contributed by atoms with Gasteiger partial charge in [-0.15, -0.1) is 0 Å². The number of methoxy groups -OCH3 is 4. The van der Waals surface area contributed by atoms with Crippen molar-refractivity contribution < 1.29 is 62.9 Å². The highest BCUT2D eigenvalue weighted by atomic mass is 31.0. The van der Waals surface area contributed by atoms with Crippen molar-refractivity contribution in [2.24, 2.45) is 0 Å². The van der Waals surface area contributed by atoms with Gasteiger partial charge in [0.25, 0.3) is 0 Å². The summed E-state index contributed by atoms with van der Waals surface area (Å²) in [6, 6.07) is 10.9. The van der Waals surface area contributed by atoms with Crippen molar-refractivity contribution in [3.05, 3.63) is 130 Å². The van der Waals surface area contributed by atoms with Crippen LogP contribution < -0.4 is 18.9 Å². The highest BCUT2D eigenvalue weighted by Gasteiger charge is 2.31. The summed E-state index contributed by atoms with van der Waals surface area (Å²) in [5, 5.41) is 0. The van der Waals surface area contributed by atoms with E-state index in [0.29, 0.717) is 17.6 Å². The summed E-state index contributed by atoms with van der Waals surface area (Å²) in [4.78, 5) is 0. The Morgan fingerprint density at radius 3 is 1.34 bits per heavy atom. The lowest BCUT2D eigenvalue weighted by molar-refractivity contribution is 0.353. The smallest absolute Gasteiger partial charge is 0.200 e. The van der Waals surface area contributed by atoms with E-state index < -0.39 is 75.2 Å². The van der Waals surface area contributed by atoms with Crippen LogP contribution in [0.2, 0.25) is 0 Å². The lowest BCUT2D eigenvalue weighted by atomic mass is 9.84. The second-order valence-electron chi connectivity index (χ2n) is 10.8. The summed E-state index contributed by atoms with van der Waals surface area (Å²) in [6.07, 6.45) is 2.75. The van der Waals surface area contributed by atoms with Gasteiger partial charge in [0.05, 0.1) is 34.0 Å². The number of hydrogen-bond donors (Lipinski definition) is 0. The SMILES string of the molecule is C=Cc1c(F)c(F)c(F)c(F)c1F.C=Cc1ccc(OC)c(OC)c1.CCC(CC(C)c1ccc(OC)c(OC)c1)c1c(F)c(F)c(F)c(F)c1F.P. The molecule has 0 amide bonds. The average molecular weight is 781 g/mol. The molecular weight excluding hydrogens is 741 g/mol. The van der Waals surface area contributed by atoms with E-state index in [9.17, 15) is 43.9 Å². The van der Waals surface area contributed by atoms with Crippen LogP contribution in [0.15, 0.2) is 49.6 Å². The van der Waals surface area contributed by atoms with Crippen LogP contribution in [0, 0.1) is 58.2 Å². The Hall–Kier alpha value is -4.71. The van der Waals surface area contributed by atoms with E-state index in [-0.39, 0.29) is 28.7 Å². The van der Waals surface area contributed by atoms with Crippen molar-refractivity contribution in [1.82, 2.24) is 0 Å². The molecule has 4 nitrogen and oxygen atoms in total. The molecule has 0 radical (unpaired) electrons. The molecule has 0 N–H and O–H groups in total. The Morgan fingerprint density at radius 1 is 0.547 bits per heavy atom. The first-order chi connectivity index (χ1) is 24.6. The molecule has 4 aromatic carbocycles. The summed E-state index contributed by atoms with van der Waals surface area (Å²) in [7, 11) is 6.21. The minimum Gasteiger partial charge on any atom is -0.493 e. The fourth-order valence-corrected chi connectivity index (χ4v) is 4.97. The Morgan fingerprint density at radius 2 is 0.943 bits per heavy atom. The monoisotopic (exact) mass is 780 g/mol. The summed E-state index contributed by atoms with van der Waals surface area (Å²) in [6.45, 7) is 10.1. The van der Waals surface area contributed by atoms with Crippen molar-refractivity contribution in [2.75, 3.05) is 28.4 Å². The minimum atomic E-state index is -2.17. The first-order valence-electron chi connectivity index (χ1n) is 15.3. The van der Waals surface area contributed by atoms with Crippen molar-refractivity contribution in [2.45, 2.75) is 38.5 Å². The van der Waals surface area contributed by atoms with Gasteiger partial charge in [0.1, 0.15) is 0 Å². The molecule has 0 bridgehead atoms. The molecular formula is C38H39F10O4P. The Labute approximate surface area is 304 Å². The van der Waals surface area contributed by atoms with E-state index in [1.54, 1.807) is 45.4 Å². The second kappa shape index (κ2) is 21.1. The zero-order valence-corrected chi connectivity index (χ0v) is 31.1. The fraction of sp³-hybridized carbons (Fsp3) is 0.263. The third-order valence-electron chi connectivity index (χ3n) is 7.85. The topological polar surface area (TPSA) is 36.9 Å². The van der Waals surface area contributed by atoms with E-state index in [4.69, 9.17) is 18.9 Å². The average Bonchev–Trinajstić information content (AvgIpc) is 3.17. The van der Waals surface area contributed by atoms with Crippen molar-refractivity contribution in [3.63, 3.8) is 0 Å². The van der Waals surface area contributed by atoms with Gasteiger partial charge in [-0.05, 0) is 60.1 Å². The molecule has 53 heavy (non-hydrogen) atoms. The van der Waals surface area contributed by atoms with Crippen LogP contribution in [0.4, 0.5) is 43.9 Å². The van der Waals surface area contributed by atoms with Crippen LogP contribution in [-0.4, -0.2) is 28.4 Å². The third kappa shape index (κ3) is 10.7. The van der Waals surface area contributed by atoms with Crippen LogP contribution in [0.25, 0.3) is 12.2 Å². The Balaban J connectivity index is 0.000000449. The van der Waals surface area contributed by atoms with Gasteiger partial charge in [-0.25, -0.2) is 43.9 Å². The van der Waals surface area contributed by atoms with E-state index >= 15 is 0 Å². The van der Waals surface area contributed by atoms with Gasteiger partial charge >= 0.3 is 0 Å². The van der Waals surface area contributed by atoms with Crippen LogP contribution >= 0.6 is 9.90 Å². The molecule has 15 heteroatoms. The fourth-order valence-electron chi connectivity index (χ4n) is 4.97. The van der Waals surface area contributed by atoms with Gasteiger partial charge in [0.2, 0.25) is 11.6 Å². The lowest BCUT2D eigenvalue weighted by Gasteiger charge is -2.22. The summed E-state index contributed by atoms with van der Waals surface area (Å²) in [5.41, 5.74) is 0.0419. The molecule has 3 atom stereocenters. The number of rotatable bonds is 11. The van der Waals surface area contributed by atoms with Crippen molar-refractivity contribution in [1.29, 1.82) is 0 Å². The number of hydrogen-bond acceptors (Lipinski definition) is 4. The first-order valence-corrected chi connectivity index (χ1v) is 15.3. The standard InChI is InChI=1S/C20H21F5O2.C10H12O2.C8H3F5.H3P/c1-5-11(15-16(21)18(23)20(25)19(24)17(15)22)8-10(2)12-6-7-13(26-3)14(9-12)27-4;1-4-8-5-6-9(11-2)10(7-8)12-3;1-2-3-4(9)6(11)8(13)7(12)5(3)10;/h6-7,9-11H,5,8H2,1-4H3;4-7H,1H2,2-3H3;2H,1H2;1H3. The highest BCUT2D eigenvalue weighted by Crippen LogP contribution is 2.39. The van der Waals surface area contributed by atoms with Gasteiger partial charge in [0, 0.05) is 5.56 Å². The molecule has 0 fully saturated rings. The van der Waals surface area contributed by atoms with E-state index in [0.717, 1.165) is 22.6 Å². The molecule has 0 spiro atoms. The lowest BCUT2D eigenvalue weighted by Crippen LogP contribution is -2.13. The molecule has 0 aliphatic heterocycles. The maximum Gasteiger partial charge on any atom is 0.200 e. The molecule has 290 valence electrons. The maximum atomic E-state index is 14.2. The van der Waals surface area contributed by atoms with Crippen molar-refractivity contribution in [3.8, 4) is 23.0 Å². The van der Waals surface area contributed by atoms with Gasteiger partial charge in [0.15, 0.2) is 69.5 Å². The zero-order valence-electron chi connectivity index (χ0n) is 29.7. The van der Waals surface area contributed by atoms with Gasteiger partial charge < -0.3 is 18.9 Å². The van der Waals surface area contributed by atoms with Crippen LogP contribution in [0.1, 0.15) is 60.8 Å². The van der Waals surface area contributed by atoms with Gasteiger partial charge in [-0.2, -0.15) is 9.90 Å². The Bertz CT molecular complexity index is 1830. The zero-order chi connectivity index (χ0) is 39.4. The molecule has 0 saturated carbocycles. The number of benzene rings is 4. The van der Waals surface area contributed by atoms with Crippen LogP contribution in [0.5, 0.6) is 23.0 Å². The third-order valence-corrected chi connectivity index (χ3v) is 7.85. The molecule has 0 saturated heterocycles. The van der Waals surface area contributed by atoms with Crippen molar-refractivity contribution >= 4 is 22.1 Å². The van der Waals surface area contributed by atoms with E-state index in [1.807, 2.05) is 25.1 Å². The highest BCUT2D eigenvalue weighted by molar-refractivity contribution is 6.92. The second-order valence-corrected chi connectivity index (χ2v) is 10.8.